The molecule has 118 valence electrons. The molecule has 1 aliphatic heterocycles. The van der Waals surface area contributed by atoms with Crippen LogP contribution in [-0.2, 0) is 16.9 Å². The highest BCUT2D eigenvalue weighted by Crippen LogP contribution is 2.46. The topological polar surface area (TPSA) is 29.5 Å². The van der Waals surface area contributed by atoms with Crippen LogP contribution in [0, 0.1) is 5.92 Å². The first-order valence-electron chi connectivity index (χ1n) is 8.33. The molecule has 1 unspecified atom stereocenters. The Morgan fingerprint density at radius 2 is 1.65 bits per heavy atom. The minimum Gasteiger partial charge on any atom is -0.436 e. The summed E-state index contributed by atoms with van der Waals surface area (Å²) in [7, 11) is 0. The zero-order chi connectivity index (χ0) is 15.7. The summed E-state index contributed by atoms with van der Waals surface area (Å²) in [4.78, 5) is 14.3. The largest absolute Gasteiger partial charge is 0.436 e. The van der Waals surface area contributed by atoms with Crippen LogP contribution in [0.3, 0.4) is 0 Å². The lowest BCUT2D eigenvalue weighted by atomic mass is 9.88. The van der Waals surface area contributed by atoms with Gasteiger partial charge >= 0.3 is 6.09 Å². The first-order valence-corrected chi connectivity index (χ1v) is 8.33. The smallest absolute Gasteiger partial charge is 0.411 e. The Bertz CT molecular complexity index is 681. The van der Waals surface area contributed by atoms with Crippen molar-refractivity contribution in [3.05, 3.63) is 71.8 Å². The summed E-state index contributed by atoms with van der Waals surface area (Å²) in [6.07, 6.45) is 3.25. The van der Waals surface area contributed by atoms with Gasteiger partial charge in [-0.3, -0.25) is 4.90 Å². The van der Waals surface area contributed by atoms with Crippen LogP contribution >= 0.6 is 0 Å². The summed E-state index contributed by atoms with van der Waals surface area (Å²) in [6, 6.07) is 20.3. The van der Waals surface area contributed by atoms with E-state index in [4.69, 9.17) is 4.74 Å². The molecule has 1 atom stereocenters. The molecule has 3 heteroatoms. The quantitative estimate of drug-likeness (QED) is 0.822. The second kappa shape index (κ2) is 5.73. The van der Waals surface area contributed by atoms with Crippen molar-refractivity contribution in [2.24, 2.45) is 5.92 Å². The lowest BCUT2D eigenvalue weighted by Gasteiger charge is -2.27. The Labute approximate surface area is 136 Å². The molecule has 0 aromatic heterocycles. The van der Waals surface area contributed by atoms with E-state index in [0.717, 1.165) is 17.5 Å². The fourth-order valence-electron chi connectivity index (χ4n) is 3.47. The van der Waals surface area contributed by atoms with E-state index >= 15 is 0 Å². The van der Waals surface area contributed by atoms with Gasteiger partial charge in [0, 0.05) is 6.54 Å². The van der Waals surface area contributed by atoms with Gasteiger partial charge in [0.2, 0.25) is 0 Å². The van der Waals surface area contributed by atoms with E-state index in [1.807, 2.05) is 41.3 Å². The Kier molecular flexibility index (Phi) is 3.56. The molecule has 2 aromatic carbocycles. The monoisotopic (exact) mass is 307 g/mol. The van der Waals surface area contributed by atoms with Crippen molar-refractivity contribution in [3.63, 3.8) is 0 Å². The van der Waals surface area contributed by atoms with Gasteiger partial charge in [-0.05, 0) is 23.5 Å². The SMILES string of the molecule is O=C1OC(CC2CC2)(c2ccccc2)CN1Cc1ccccc1. The Hall–Kier alpha value is -2.29. The van der Waals surface area contributed by atoms with Crippen molar-refractivity contribution in [3.8, 4) is 0 Å². The molecule has 0 bridgehead atoms. The number of hydrogen-bond donors (Lipinski definition) is 0. The molecule has 1 saturated carbocycles. The number of carbonyl (C=O) groups is 1. The van der Waals surface area contributed by atoms with Crippen molar-refractivity contribution in [2.45, 2.75) is 31.4 Å². The molecule has 3 nitrogen and oxygen atoms in total. The predicted molar refractivity (Wildman–Crippen MR) is 88.8 cm³/mol. The van der Waals surface area contributed by atoms with Crippen molar-refractivity contribution in [2.75, 3.05) is 6.54 Å². The van der Waals surface area contributed by atoms with Gasteiger partial charge in [0.1, 0.15) is 0 Å². The zero-order valence-corrected chi connectivity index (χ0v) is 13.2. The summed E-state index contributed by atoms with van der Waals surface area (Å²) in [5.74, 6) is 0.694. The number of amides is 1. The van der Waals surface area contributed by atoms with Crippen LogP contribution in [0.25, 0.3) is 0 Å². The third-order valence-electron chi connectivity index (χ3n) is 4.82. The van der Waals surface area contributed by atoms with Gasteiger partial charge in [-0.15, -0.1) is 0 Å². The molecular formula is C20H21NO2. The van der Waals surface area contributed by atoms with Crippen molar-refractivity contribution in [1.82, 2.24) is 4.90 Å². The van der Waals surface area contributed by atoms with Crippen LogP contribution < -0.4 is 0 Å². The Balaban J connectivity index is 1.59. The van der Waals surface area contributed by atoms with Gasteiger partial charge in [-0.25, -0.2) is 4.79 Å². The van der Waals surface area contributed by atoms with Crippen LogP contribution in [-0.4, -0.2) is 17.5 Å². The molecule has 0 radical (unpaired) electrons. The fourth-order valence-corrected chi connectivity index (χ4v) is 3.47. The summed E-state index contributed by atoms with van der Waals surface area (Å²) in [5, 5.41) is 0. The molecule has 4 rings (SSSR count). The van der Waals surface area contributed by atoms with Gasteiger partial charge in [0.25, 0.3) is 0 Å². The molecule has 2 aliphatic rings. The van der Waals surface area contributed by atoms with Crippen LogP contribution in [0.4, 0.5) is 4.79 Å². The zero-order valence-electron chi connectivity index (χ0n) is 13.2. The minimum atomic E-state index is -0.478. The summed E-state index contributed by atoms with van der Waals surface area (Å²) >= 11 is 0. The predicted octanol–water partition coefficient (Wildman–Crippen LogP) is 4.33. The minimum absolute atomic E-state index is 0.196. The normalized spacial score (nSPS) is 23.8. The first kappa shape index (κ1) is 14.3. The maximum Gasteiger partial charge on any atom is 0.411 e. The van der Waals surface area contributed by atoms with E-state index < -0.39 is 5.60 Å². The standard InChI is InChI=1S/C20H21NO2/c22-19-21(14-17-7-3-1-4-8-17)15-20(23-19,13-16-11-12-16)18-9-5-2-6-10-18/h1-10,16H,11-15H2. The second-order valence-electron chi connectivity index (χ2n) is 6.72. The molecule has 1 aliphatic carbocycles. The van der Waals surface area contributed by atoms with E-state index in [1.165, 1.54) is 12.8 Å². The van der Waals surface area contributed by atoms with Crippen molar-refractivity contribution in [1.29, 1.82) is 0 Å². The molecule has 1 heterocycles. The summed E-state index contributed by atoms with van der Waals surface area (Å²) < 4.78 is 5.96. The van der Waals surface area contributed by atoms with Gasteiger partial charge < -0.3 is 4.74 Å². The molecule has 23 heavy (non-hydrogen) atoms. The Morgan fingerprint density at radius 1 is 1.00 bits per heavy atom. The fraction of sp³-hybridized carbons (Fsp3) is 0.350. The molecular weight excluding hydrogens is 286 g/mol. The van der Waals surface area contributed by atoms with Gasteiger partial charge in [0.05, 0.1) is 6.54 Å². The number of ether oxygens (including phenoxy) is 1. The van der Waals surface area contributed by atoms with Gasteiger partial charge in [-0.2, -0.15) is 0 Å². The average molecular weight is 307 g/mol. The third kappa shape index (κ3) is 2.96. The van der Waals surface area contributed by atoms with Crippen LogP contribution in [0.15, 0.2) is 60.7 Å². The number of nitrogens with zero attached hydrogens (tertiary/aromatic N) is 1. The number of cyclic esters (lactones) is 1. The summed E-state index contributed by atoms with van der Waals surface area (Å²) in [6.45, 7) is 1.25. The maximum atomic E-state index is 12.5. The average Bonchev–Trinajstić information content (AvgIpc) is 3.34. The number of rotatable bonds is 5. The van der Waals surface area contributed by atoms with Crippen LogP contribution in [0.5, 0.6) is 0 Å². The van der Waals surface area contributed by atoms with Crippen molar-refractivity contribution >= 4 is 6.09 Å². The number of hydrogen-bond acceptors (Lipinski definition) is 2. The highest BCUT2D eigenvalue weighted by atomic mass is 16.6. The highest BCUT2D eigenvalue weighted by molar-refractivity contribution is 5.71. The van der Waals surface area contributed by atoms with E-state index in [2.05, 4.69) is 24.3 Å². The van der Waals surface area contributed by atoms with E-state index in [0.29, 0.717) is 19.0 Å². The first-order chi connectivity index (χ1) is 11.3. The molecule has 2 aromatic rings. The van der Waals surface area contributed by atoms with E-state index in [-0.39, 0.29) is 6.09 Å². The molecule has 1 saturated heterocycles. The summed E-state index contributed by atoms with van der Waals surface area (Å²) in [5.41, 5.74) is 1.78. The van der Waals surface area contributed by atoms with E-state index in [9.17, 15) is 4.79 Å². The third-order valence-corrected chi connectivity index (χ3v) is 4.82. The van der Waals surface area contributed by atoms with Crippen molar-refractivity contribution < 1.29 is 9.53 Å². The number of carbonyl (C=O) groups excluding carboxylic acids is 1. The molecule has 0 spiro atoms. The molecule has 2 fully saturated rings. The molecule has 1 amide bonds. The van der Waals surface area contributed by atoms with Gasteiger partial charge in [0.15, 0.2) is 5.60 Å². The Morgan fingerprint density at radius 3 is 2.30 bits per heavy atom. The highest BCUT2D eigenvalue weighted by Gasteiger charge is 2.49. The van der Waals surface area contributed by atoms with Gasteiger partial charge in [-0.1, -0.05) is 73.5 Å². The van der Waals surface area contributed by atoms with Crippen LogP contribution in [0.2, 0.25) is 0 Å². The second-order valence-corrected chi connectivity index (χ2v) is 6.72. The lowest BCUT2D eigenvalue weighted by molar-refractivity contribution is 0.0421. The maximum absolute atomic E-state index is 12.5. The molecule has 0 N–H and O–H groups in total. The van der Waals surface area contributed by atoms with E-state index in [1.54, 1.807) is 0 Å². The van der Waals surface area contributed by atoms with Crippen LogP contribution in [0.1, 0.15) is 30.4 Å². The lowest BCUT2D eigenvalue weighted by Crippen LogP contribution is -2.32. The number of benzene rings is 2.